The first kappa shape index (κ1) is 17.2. The van der Waals surface area contributed by atoms with E-state index in [1.807, 2.05) is 31.2 Å². The van der Waals surface area contributed by atoms with Gasteiger partial charge in [0.25, 0.3) is 0 Å². The van der Waals surface area contributed by atoms with E-state index in [0.717, 1.165) is 11.3 Å². The highest BCUT2D eigenvalue weighted by Gasteiger charge is 2.06. The van der Waals surface area contributed by atoms with E-state index in [4.69, 9.17) is 0 Å². The lowest BCUT2D eigenvalue weighted by Crippen LogP contribution is -2.14. The zero-order valence-corrected chi connectivity index (χ0v) is 14.5. The maximum atomic E-state index is 13.2. The van der Waals surface area contributed by atoms with Crippen LogP contribution in [0.25, 0.3) is 10.9 Å². The van der Waals surface area contributed by atoms with E-state index in [9.17, 15) is 14.0 Å². The molecule has 4 nitrogen and oxygen atoms in total. The van der Waals surface area contributed by atoms with Crippen molar-refractivity contribution in [1.82, 2.24) is 4.98 Å². The lowest BCUT2D eigenvalue weighted by atomic mass is 10.2. The number of carbonyl (C=O) groups is 1. The van der Waals surface area contributed by atoms with Gasteiger partial charge in [-0.25, -0.2) is 4.39 Å². The van der Waals surface area contributed by atoms with E-state index in [2.05, 4.69) is 10.3 Å². The lowest BCUT2D eigenvalue weighted by molar-refractivity contribution is -0.113. The number of H-pyrrole nitrogens is 1. The summed E-state index contributed by atoms with van der Waals surface area (Å²) in [6.45, 7) is 1.96. The Hall–Kier alpha value is -2.60. The molecular formula is C19H17FN2O2S. The number of hydrogen-bond acceptors (Lipinski definition) is 3. The number of thioether (sulfide) groups is 1. The van der Waals surface area contributed by atoms with E-state index >= 15 is 0 Å². The Labute approximate surface area is 148 Å². The van der Waals surface area contributed by atoms with Crippen LogP contribution in [-0.2, 0) is 10.5 Å². The Morgan fingerprint density at radius 1 is 1.20 bits per heavy atom. The van der Waals surface area contributed by atoms with Crippen LogP contribution >= 0.6 is 11.8 Å². The molecule has 128 valence electrons. The summed E-state index contributed by atoms with van der Waals surface area (Å²) in [6.07, 6.45) is 0. The van der Waals surface area contributed by atoms with Crippen molar-refractivity contribution in [3.63, 3.8) is 0 Å². The Morgan fingerprint density at radius 2 is 2.04 bits per heavy atom. The maximum Gasteiger partial charge on any atom is 0.234 e. The third kappa shape index (κ3) is 4.48. The molecule has 0 saturated carbocycles. The summed E-state index contributed by atoms with van der Waals surface area (Å²) < 4.78 is 13.2. The fraction of sp³-hybridized carbons (Fsp3) is 0.158. The van der Waals surface area contributed by atoms with Gasteiger partial charge in [-0.1, -0.05) is 12.1 Å². The number of hydrogen-bond donors (Lipinski definition) is 2. The molecule has 2 N–H and O–H groups in total. The number of nitrogens with one attached hydrogen (secondary N) is 2. The summed E-state index contributed by atoms with van der Waals surface area (Å²) >= 11 is 1.40. The SMILES string of the molecule is Cc1cccc(NC(=O)CSCc2cc(=O)c3cc(F)ccc3[nH]2)c1. The second-order valence-corrected chi connectivity index (χ2v) is 6.74. The van der Waals surface area contributed by atoms with Crippen LogP contribution in [0.3, 0.4) is 0 Å². The van der Waals surface area contributed by atoms with Crippen LogP contribution in [0.1, 0.15) is 11.3 Å². The summed E-state index contributed by atoms with van der Waals surface area (Å²) in [7, 11) is 0. The molecule has 0 spiro atoms. The van der Waals surface area contributed by atoms with Crippen LogP contribution in [0.4, 0.5) is 10.1 Å². The van der Waals surface area contributed by atoms with Gasteiger partial charge in [-0.05, 0) is 42.8 Å². The Morgan fingerprint density at radius 3 is 2.84 bits per heavy atom. The summed E-state index contributed by atoms with van der Waals surface area (Å²) in [5.74, 6) is 0.232. The third-order valence-electron chi connectivity index (χ3n) is 3.64. The molecule has 3 aromatic rings. The van der Waals surface area contributed by atoms with Crippen LogP contribution in [0.5, 0.6) is 0 Å². The van der Waals surface area contributed by atoms with Gasteiger partial charge in [-0.2, -0.15) is 0 Å². The Bertz CT molecular complexity index is 985. The highest BCUT2D eigenvalue weighted by molar-refractivity contribution is 7.99. The Kier molecular flexibility index (Phi) is 5.19. The standard InChI is InChI=1S/C19H17FN2O2S/c1-12-3-2-4-14(7-12)22-19(24)11-25-10-15-9-18(23)16-8-13(20)5-6-17(16)21-15/h2-9H,10-11H2,1H3,(H,21,23)(H,22,24). The molecule has 1 aromatic heterocycles. The predicted octanol–water partition coefficient (Wildman–Crippen LogP) is 3.85. The molecule has 6 heteroatoms. The van der Waals surface area contributed by atoms with Crippen molar-refractivity contribution < 1.29 is 9.18 Å². The number of anilines is 1. The minimum absolute atomic E-state index is 0.0965. The number of fused-ring (bicyclic) bond motifs is 1. The number of carbonyl (C=O) groups excluding carboxylic acids is 1. The first-order chi connectivity index (χ1) is 12.0. The molecule has 25 heavy (non-hydrogen) atoms. The van der Waals surface area contributed by atoms with Crippen molar-refractivity contribution in [2.45, 2.75) is 12.7 Å². The highest BCUT2D eigenvalue weighted by Crippen LogP contribution is 2.15. The zero-order chi connectivity index (χ0) is 17.8. The van der Waals surface area contributed by atoms with E-state index in [-0.39, 0.29) is 17.1 Å². The second kappa shape index (κ2) is 7.53. The van der Waals surface area contributed by atoms with Crippen molar-refractivity contribution in [1.29, 1.82) is 0 Å². The van der Waals surface area contributed by atoms with Gasteiger partial charge in [0.2, 0.25) is 5.91 Å². The van der Waals surface area contributed by atoms with Gasteiger partial charge in [0, 0.05) is 34.1 Å². The van der Waals surface area contributed by atoms with Crippen LogP contribution in [0.15, 0.2) is 53.3 Å². The van der Waals surface area contributed by atoms with Gasteiger partial charge in [0.05, 0.1) is 5.75 Å². The molecule has 3 rings (SSSR count). The van der Waals surface area contributed by atoms with Gasteiger partial charge < -0.3 is 10.3 Å². The molecule has 0 unspecified atom stereocenters. The fourth-order valence-electron chi connectivity index (χ4n) is 2.53. The molecule has 0 fully saturated rings. The van der Waals surface area contributed by atoms with Crippen LogP contribution in [0, 0.1) is 12.7 Å². The molecule has 1 amide bonds. The van der Waals surface area contributed by atoms with Gasteiger partial charge in [0.1, 0.15) is 5.82 Å². The van der Waals surface area contributed by atoms with Gasteiger partial charge in [-0.3, -0.25) is 9.59 Å². The Balaban J connectivity index is 1.60. The number of rotatable bonds is 5. The lowest BCUT2D eigenvalue weighted by Gasteiger charge is -2.07. The maximum absolute atomic E-state index is 13.2. The quantitative estimate of drug-likeness (QED) is 0.730. The normalized spacial score (nSPS) is 10.8. The van der Waals surface area contributed by atoms with E-state index in [0.29, 0.717) is 22.3 Å². The largest absolute Gasteiger partial charge is 0.357 e. The molecule has 0 aliphatic carbocycles. The minimum atomic E-state index is -0.437. The molecular weight excluding hydrogens is 339 g/mol. The van der Waals surface area contributed by atoms with Gasteiger partial charge >= 0.3 is 0 Å². The topological polar surface area (TPSA) is 62.0 Å². The minimum Gasteiger partial charge on any atom is -0.357 e. The van der Waals surface area contributed by atoms with Crippen molar-refractivity contribution >= 4 is 34.3 Å². The van der Waals surface area contributed by atoms with Gasteiger partial charge in [0.15, 0.2) is 5.43 Å². The number of benzene rings is 2. The summed E-state index contributed by atoms with van der Waals surface area (Å²) in [4.78, 5) is 27.1. The number of pyridine rings is 1. The summed E-state index contributed by atoms with van der Waals surface area (Å²) in [5, 5.41) is 3.17. The highest BCUT2D eigenvalue weighted by atomic mass is 32.2. The van der Waals surface area contributed by atoms with Crippen LogP contribution in [0.2, 0.25) is 0 Å². The third-order valence-corrected chi connectivity index (χ3v) is 4.62. The van der Waals surface area contributed by atoms with Crippen LogP contribution in [-0.4, -0.2) is 16.6 Å². The van der Waals surface area contributed by atoms with Gasteiger partial charge in [-0.15, -0.1) is 11.8 Å². The monoisotopic (exact) mass is 356 g/mol. The summed E-state index contributed by atoms with van der Waals surface area (Å²) in [5.41, 5.74) is 2.92. The first-order valence-electron chi connectivity index (χ1n) is 7.77. The van der Waals surface area contributed by atoms with Crippen LogP contribution < -0.4 is 10.7 Å². The number of aromatic nitrogens is 1. The summed E-state index contributed by atoms with van der Waals surface area (Å²) in [6, 6.07) is 13.1. The molecule has 0 atom stereocenters. The van der Waals surface area contributed by atoms with E-state index in [1.165, 1.54) is 30.0 Å². The molecule has 1 heterocycles. The fourth-order valence-corrected chi connectivity index (χ4v) is 3.26. The van der Waals surface area contributed by atoms with E-state index < -0.39 is 5.82 Å². The average Bonchev–Trinajstić information content (AvgIpc) is 2.55. The molecule has 0 bridgehead atoms. The number of halogens is 1. The molecule has 2 aromatic carbocycles. The number of amides is 1. The molecule has 0 saturated heterocycles. The number of aryl methyl sites for hydroxylation is 1. The van der Waals surface area contributed by atoms with E-state index in [1.54, 1.807) is 6.07 Å². The molecule has 0 aliphatic rings. The van der Waals surface area contributed by atoms with Crippen molar-refractivity contribution in [2.24, 2.45) is 0 Å². The molecule has 0 aliphatic heterocycles. The van der Waals surface area contributed by atoms with Crippen molar-refractivity contribution in [3.05, 3.63) is 75.8 Å². The predicted molar refractivity (Wildman–Crippen MR) is 100 cm³/mol. The smallest absolute Gasteiger partial charge is 0.234 e. The molecule has 0 radical (unpaired) electrons. The number of aromatic amines is 1. The second-order valence-electron chi connectivity index (χ2n) is 5.76. The zero-order valence-electron chi connectivity index (χ0n) is 13.6. The first-order valence-corrected chi connectivity index (χ1v) is 8.92. The average molecular weight is 356 g/mol. The van der Waals surface area contributed by atoms with Crippen molar-refractivity contribution in [2.75, 3.05) is 11.1 Å². The van der Waals surface area contributed by atoms with Crippen molar-refractivity contribution in [3.8, 4) is 0 Å².